The van der Waals surface area contributed by atoms with E-state index < -0.39 is 11.4 Å². The largest absolute Gasteiger partial charge is 0.425 e. The predicted octanol–water partition coefficient (Wildman–Crippen LogP) is 7.56. The predicted molar refractivity (Wildman–Crippen MR) is 140 cm³/mol. The first kappa shape index (κ1) is 26.1. The van der Waals surface area contributed by atoms with Gasteiger partial charge in [-0.25, -0.2) is 14.8 Å². The minimum atomic E-state index is -1.14. The van der Waals surface area contributed by atoms with Crippen LogP contribution in [0.5, 0.6) is 5.75 Å². The highest BCUT2D eigenvalue weighted by Gasteiger charge is 2.33. The molecule has 0 bridgehead atoms. The molecular weight excluding hydrogens is 434 g/mol. The summed E-state index contributed by atoms with van der Waals surface area (Å²) in [5.74, 6) is 0.624. The zero-order chi connectivity index (χ0) is 25.1. The van der Waals surface area contributed by atoms with E-state index in [2.05, 4.69) is 16.9 Å². The molecule has 0 N–H and O–H groups in total. The molecule has 182 valence electrons. The molecule has 1 heterocycles. The Morgan fingerprint density at radius 1 is 0.857 bits per heavy atom. The maximum absolute atomic E-state index is 12.3. The number of hydrogen-bond donors (Lipinski definition) is 0. The SMILES string of the molecule is CCCCCCCCc1cnc(-c2ccc(-c3ccc(OC(=O)C(C)(C#N)CC)cc3)cc2)nc1. The number of nitriles is 1. The minimum absolute atomic E-state index is 0.401. The second kappa shape index (κ2) is 12.8. The van der Waals surface area contributed by atoms with Crippen molar-refractivity contribution in [1.29, 1.82) is 5.26 Å². The average molecular weight is 470 g/mol. The van der Waals surface area contributed by atoms with Gasteiger partial charge in [0.15, 0.2) is 11.2 Å². The second-order valence-electron chi connectivity index (χ2n) is 9.22. The molecule has 5 nitrogen and oxygen atoms in total. The van der Waals surface area contributed by atoms with E-state index >= 15 is 0 Å². The molecule has 3 rings (SSSR count). The van der Waals surface area contributed by atoms with E-state index in [0.29, 0.717) is 12.2 Å². The van der Waals surface area contributed by atoms with Gasteiger partial charge in [0.1, 0.15) is 5.75 Å². The van der Waals surface area contributed by atoms with Crippen LogP contribution >= 0.6 is 0 Å². The number of rotatable bonds is 12. The molecule has 1 atom stereocenters. The van der Waals surface area contributed by atoms with Crippen molar-refractivity contribution in [2.75, 3.05) is 0 Å². The van der Waals surface area contributed by atoms with Gasteiger partial charge in [-0.05, 0) is 55.0 Å². The molecule has 0 radical (unpaired) electrons. The number of ether oxygens (including phenoxy) is 1. The number of carbonyl (C=O) groups is 1. The molecule has 1 unspecified atom stereocenters. The number of esters is 1. The summed E-state index contributed by atoms with van der Waals surface area (Å²) in [4.78, 5) is 21.4. The van der Waals surface area contributed by atoms with Gasteiger partial charge in [-0.2, -0.15) is 5.26 Å². The lowest BCUT2D eigenvalue weighted by Crippen LogP contribution is -2.29. The third kappa shape index (κ3) is 7.23. The van der Waals surface area contributed by atoms with Gasteiger partial charge in [0.05, 0.1) is 6.07 Å². The van der Waals surface area contributed by atoms with Crippen LogP contribution in [-0.4, -0.2) is 15.9 Å². The Balaban J connectivity index is 1.57. The Bertz CT molecular complexity index is 1120. The molecule has 5 heteroatoms. The third-order valence-electron chi connectivity index (χ3n) is 6.47. The summed E-state index contributed by atoms with van der Waals surface area (Å²) in [6.07, 6.45) is 13.0. The Hall–Kier alpha value is -3.52. The average Bonchev–Trinajstić information content (AvgIpc) is 2.91. The summed E-state index contributed by atoms with van der Waals surface area (Å²) in [5.41, 5.74) is 3.08. The number of nitrogens with zero attached hydrogens (tertiary/aromatic N) is 3. The fourth-order valence-electron chi connectivity index (χ4n) is 3.76. The van der Waals surface area contributed by atoms with E-state index in [0.717, 1.165) is 28.9 Å². The number of benzene rings is 2. The van der Waals surface area contributed by atoms with Crippen molar-refractivity contribution in [3.8, 4) is 34.3 Å². The first-order valence-electron chi connectivity index (χ1n) is 12.6. The van der Waals surface area contributed by atoms with Gasteiger partial charge in [0.25, 0.3) is 0 Å². The Morgan fingerprint density at radius 3 is 1.97 bits per heavy atom. The van der Waals surface area contributed by atoms with Gasteiger partial charge in [0, 0.05) is 18.0 Å². The summed E-state index contributed by atoms with van der Waals surface area (Å²) in [5, 5.41) is 9.25. The highest BCUT2D eigenvalue weighted by molar-refractivity contribution is 5.81. The molecule has 35 heavy (non-hydrogen) atoms. The number of carbonyl (C=O) groups excluding carboxylic acids is 1. The first-order valence-corrected chi connectivity index (χ1v) is 12.6. The Morgan fingerprint density at radius 2 is 1.40 bits per heavy atom. The summed E-state index contributed by atoms with van der Waals surface area (Å²) in [6.45, 7) is 5.64. The fourth-order valence-corrected chi connectivity index (χ4v) is 3.76. The first-order chi connectivity index (χ1) is 17.0. The zero-order valence-electron chi connectivity index (χ0n) is 21.1. The molecular formula is C30H35N3O2. The van der Waals surface area contributed by atoms with E-state index in [1.54, 1.807) is 26.0 Å². The van der Waals surface area contributed by atoms with Gasteiger partial charge in [-0.1, -0.05) is 82.3 Å². The molecule has 0 aliphatic carbocycles. The standard InChI is InChI=1S/C30H35N3O2/c1-4-6-7-8-9-10-11-23-20-32-28(33-21-23)26-14-12-24(13-15-26)25-16-18-27(19-17-25)35-29(34)30(3,5-2)22-31/h12-21H,4-11H2,1-3H3. The Kier molecular flexibility index (Phi) is 9.55. The van der Waals surface area contributed by atoms with Crippen molar-refractivity contribution >= 4 is 5.97 Å². The lowest BCUT2D eigenvalue weighted by molar-refractivity contribution is -0.141. The van der Waals surface area contributed by atoms with Crippen LogP contribution < -0.4 is 4.74 Å². The topological polar surface area (TPSA) is 75.9 Å². The van der Waals surface area contributed by atoms with E-state index in [1.807, 2.05) is 54.9 Å². The molecule has 0 saturated carbocycles. The van der Waals surface area contributed by atoms with Gasteiger partial charge in [-0.3, -0.25) is 0 Å². The fraction of sp³-hybridized carbons (Fsp3) is 0.400. The Labute approximate surface area is 209 Å². The van der Waals surface area contributed by atoms with Crippen molar-refractivity contribution in [2.45, 2.75) is 72.1 Å². The van der Waals surface area contributed by atoms with Gasteiger partial charge >= 0.3 is 5.97 Å². The third-order valence-corrected chi connectivity index (χ3v) is 6.47. The maximum atomic E-state index is 12.3. The van der Waals surface area contributed by atoms with Crippen molar-refractivity contribution in [1.82, 2.24) is 9.97 Å². The number of aryl methyl sites for hydroxylation is 1. The zero-order valence-corrected chi connectivity index (χ0v) is 21.1. The molecule has 0 spiro atoms. The molecule has 3 aromatic rings. The number of aromatic nitrogens is 2. The van der Waals surface area contributed by atoms with Crippen LogP contribution in [0.15, 0.2) is 60.9 Å². The quantitative estimate of drug-likeness (QED) is 0.155. The van der Waals surface area contributed by atoms with E-state index in [-0.39, 0.29) is 0 Å². The maximum Gasteiger partial charge on any atom is 0.331 e. The monoisotopic (exact) mass is 469 g/mol. The lowest BCUT2D eigenvalue weighted by atomic mass is 9.90. The van der Waals surface area contributed by atoms with Crippen LogP contribution in [0, 0.1) is 16.7 Å². The molecule has 0 fully saturated rings. The van der Waals surface area contributed by atoms with E-state index in [9.17, 15) is 10.1 Å². The highest BCUT2D eigenvalue weighted by atomic mass is 16.5. The van der Waals surface area contributed by atoms with Gasteiger partial charge < -0.3 is 4.74 Å². The van der Waals surface area contributed by atoms with Crippen LogP contribution in [0.4, 0.5) is 0 Å². The number of hydrogen-bond acceptors (Lipinski definition) is 5. The van der Waals surface area contributed by atoms with Crippen LogP contribution in [0.1, 0.15) is 71.3 Å². The van der Waals surface area contributed by atoms with E-state index in [4.69, 9.17) is 4.74 Å². The van der Waals surface area contributed by atoms with Gasteiger partial charge in [0.2, 0.25) is 0 Å². The summed E-state index contributed by atoms with van der Waals surface area (Å²) in [6, 6.07) is 17.5. The summed E-state index contributed by atoms with van der Waals surface area (Å²) in [7, 11) is 0. The minimum Gasteiger partial charge on any atom is -0.425 e. The van der Waals surface area contributed by atoms with Crippen LogP contribution in [0.2, 0.25) is 0 Å². The van der Waals surface area contributed by atoms with Crippen molar-refractivity contribution in [2.24, 2.45) is 5.41 Å². The molecule has 0 amide bonds. The molecule has 2 aromatic carbocycles. The van der Waals surface area contributed by atoms with Crippen molar-refractivity contribution in [3.63, 3.8) is 0 Å². The van der Waals surface area contributed by atoms with Crippen molar-refractivity contribution in [3.05, 3.63) is 66.5 Å². The molecule has 0 aliphatic rings. The van der Waals surface area contributed by atoms with E-state index in [1.165, 1.54) is 44.1 Å². The van der Waals surface area contributed by atoms with Crippen LogP contribution in [0.3, 0.4) is 0 Å². The molecule has 0 aliphatic heterocycles. The van der Waals surface area contributed by atoms with Gasteiger partial charge in [-0.15, -0.1) is 0 Å². The van der Waals surface area contributed by atoms with Crippen LogP contribution in [-0.2, 0) is 11.2 Å². The number of unbranched alkanes of at least 4 members (excludes halogenated alkanes) is 5. The summed E-state index contributed by atoms with van der Waals surface area (Å²) < 4.78 is 5.41. The molecule has 1 aromatic heterocycles. The lowest BCUT2D eigenvalue weighted by Gasteiger charge is -2.17. The second-order valence-corrected chi connectivity index (χ2v) is 9.22. The normalized spacial score (nSPS) is 12.5. The highest BCUT2D eigenvalue weighted by Crippen LogP contribution is 2.27. The molecule has 0 saturated heterocycles. The van der Waals surface area contributed by atoms with Crippen molar-refractivity contribution < 1.29 is 9.53 Å². The summed E-state index contributed by atoms with van der Waals surface area (Å²) >= 11 is 0. The van der Waals surface area contributed by atoms with Crippen LogP contribution in [0.25, 0.3) is 22.5 Å². The smallest absolute Gasteiger partial charge is 0.331 e.